The Morgan fingerprint density at radius 1 is 0.955 bits per heavy atom. The van der Waals surface area contributed by atoms with E-state index in [-0.39, 0.29) is 6.61 Å². The van der Waals surface area contributed by atoms with Crippen LogP contribution >= 0.6 is 11.6 Å². The number of ether oxygens (including phenoxy) is 2. The van der Waals surface area contributed by atoms with E-state index in [0.717, 1.165) is 0 Å². The molecule has 0 radical (unpaired) electrons. The zero-order chi connectivity index (χ0) is 16.6. The number of halogens is 1. The summed E-state index contributed by atoms with van der Waals surface area (Å²) in [7, 11) is 0. The second kappa shape index (κ2) is 14.0. The van der Waals surface area contributed by atoms with E-state index in [2.05, 4.69) is 20.4 Å². The number of aromatic nitrogens is 4. The molecule has 0 spiro atoms. The Morgan fingerprint density at radius 2 is 1.55 bits per heavy atom. The maximum absolute atomic E-state index is 7.57. The molecule has 2 heterocycles. The highest BCUT2D eigenvalue weighted by Crippen LogP contribution is 2.07. The first-order chi connectivity index (χ1) is 10.7. The first-order valence-electron chi connectivity index (χ1n) is 6.81. The lowest BCUT2D eigenvalue weighted by molar-refractivity contribution is 0.318. The van der Waals surface area contributed by atoms with Crippen molar-refractivity contribution < 1.29 is 14.6 Å². The Balaban J connectivity index is 0.000000342. The van der Waals surface area contributed by atoms with E-state index in [9.17, 15) is 0 Å². The Labute approximate surface area is 135 Å². The van der Waals surface area contributed by atoms with Crippen LogP contribution in [0.25, 0.3) is 0 Å². The van der Waals surface area contributed by atoms with E-state index in [1.807, 2.05) is 13.8 Å². The molecule has 8 heteroatoms. The molecule has 0 unspecified atom stereocenters. The maximum Gasteiger partial charge on any atom is 0.233 e. The summed E-state index contributed by atoms with van der Waals surface area (Å²) in [6.07, 6.45) is 1.61. The fraction of sp³-hybridized carbons (Fsp3) is 0.429. The molecule has 0 aliphatic rings. The minimum atomic E-state index is 0.250. The Kier molecular flexibility index (Phi) is 12.7. The van der Waals surface area contributed by atoms with E-state index in [0.29, 0.717) is 30.1 Å². The number of aliphatic hydroxyl groups is 1. The Hall–Kier alpha value is -1.99. The molecule has 0 aromatic carbocycles. The minimum Gasteiger partial charge on any atom is -0.477 e. The van der Waals surface area contributed by atoms with Crippen molar-refractivity contribution in [2.24, 2.45) is 0 Å². The summed E-state index contributed by atoms with van der Waals surface area (Å²) in [5.74, 6) is 1.09. The third kappa shape index (κ3) is 10.8. The van der Waals surface area contributed by atoms with Crippen molar-refractivity contribution in [2.45, 2.75) is 20.8 Å². The number of hydrogen-bond donors (Lipinski definition) is 1. The predicted molar refractivity (Wildman–Crippen MR) is 84.2 cm³/mol. The van der Waals surface area contributed by atoms with Gasteiger partial charge in [-0.3, -0.25) is 0 Å². The first-order valence-corrected chi connectivity index (χ1v) is 7.19. The summed E-state index contributed by atoms with van der Waals surface area (Å²) in [5.41, 5.74) is 0. The summed E-state index contributed by atoms with van der Waals surface area (Å²) < 4.78 is 10.1. The van der Waals surface area contributed by atoms with Gasteiger partial charge >= 0.3 is 0 Å². The molecule has 2 aromatic rings. The second-order valence-corrected chi connectivity index (χ2v) is 3.83. The largest absolute Gasteiger partial charge is 0.477 e. The fourth-order valence-corrected chi connectivity index (χ4v) is 1.14. The standard InChI is InChI=1S/C6H7ClN2O.C6H8N2O.C2H6O/c1-2-10-6-4-3-5(7)8-9-6;1-2-9-6-4-3-5-7-8-6;1-2-3/h3-4H,2H2,1H3;3-5H,2H2,1H3;3H,2H2,1H3. The average Bonchev–Trinajstić information content (AvgIpc) is 2.53. The molecule has 2 aromatic heterocycles. The average molecular weight is 329 g/mol. The van der Waals surface area contributed by atoms with Gasteiger partial charge in [-0.1, -0.05) is 11.6 Å². The van der Waals surface area contributed by atoms with Gasteiger partial charge in [-0.15, -0.1) is 15.3 Å². The molecule has 0 amide bonds. The van der Waals surface area contributed by atoms with Crippen LogP contribution in [0.15, 0.2) is 30.5 Å². The summed E-state index contributed by atoms with van der Waals surface area (Å²) in [6, 6.07) is 6.88. The predicted octanol–water partition coefficient (Wildman–Crippen LogP) is 2.40. The molecule has 0 saturated carbocycles. The SMILES string of the molecule is CCO.CCOc1ccc(Cl)nn1.CCOc1cccnn1. The molecule has 22 heavy (non-hydrogen) atoms. The molecule has 0 atom stereocenters. The molecular formula is C14H21ClN4O3. The van der Waals surface area contributed by atoms with Crippen molar-refractivity contribution >= 4 is 11.6 Å². The molecule has 0 aliphatic heterocycles. The summed E-state index contributed by atoms with van der Waals surface area (Å²) >= 11 is 5.48. The van der Waals surface area contributed by atoms with Crippen LogP contribution in [0.3, 0.4) is 0 Å². The molecule has 1 N–H and O–H groups in total. The van der Waals surface area contributed by atoms with Crippen LogP contribution in [0.1, 0.15) is 20.8 Å². The third-order valence-corrected chi connectivity index (χ3v) is 1.94. The van der Waals surface area contributed by atoms with Crippen LogP contribution in [0, 0.1) is 0 Å². The molecule has 0 bridgehead atoms. The van der Waals surface area contributed by atoms with E-state index >= 15 is 0 Å². The van der Waals surface area contributed by atoms with E-state index < -0.39 is 0 Å². The van der Waals surface area contributed by atoms with Crippen molar-refractivity contribution in [1.29, 1.82) is 0 Å². The second-order valence-electron chi connectivity index (χ2n) is 3.44. The van der Waals surface area contributed by atoms with E-state index in [1.165, 1.54) is 0 Å². The molecule has 0 aliphatic carbocycles. The zero-order valence-electron chi connectivity index (χ0n) is 12.9. The molecular weight excluding hydrogens is 308 g/mol. The van der Waals surface area contributed by atoms with Gasteiger partial charge in [0.05, 0.1) is 13.2 Å². The summed E-state index contributed by atoms with van der Waals surface area (Å²) in [4.78, 5) is 0. The highest BCUT2D eigenvalue weighted by molar-refractivity contribution is 6.29. The van der Waals surface area contributed by atoms with Gasteiger partial charge in [0.1, 0.15) is 0 Å². The normalized spacial score (nSPS) is 8.77. The highest BCUT2D eigenvalue weighted by atomic mass is 35.5. The van der Waals surface area contributed by atoms with Crippen LogP contribution in [0.4, 0.5) is 0 Å². The van der Waals surface area contributed by atoms with Crippen molar-refractivity contribution in [3.63, 3.8) is 0 Å². The van der Waals surface area contributed by atoms with Gasteiger partial charge in [-0.2, -0.15) is 5.10 Å². The lowest BCUT2D eigenvalue weighted by Crippen LogP contribution is -1.94. The van der Waals surface area contributed by atoms with Crippen LogP contribution in [0.2, 0.25) is 5.15 Å². The van der Waals surface area contributed by atoms with Gasteiger partial charge in [-0.25, -0.2) is 0 Å². The summed E-state index contributed by atoms with van der Waals surface area (Å²) in [5, 5.41) is 22.5. The van der Waals surface area contributed by atoms with Crippen molar-refractivity contribution in [1.82, 2.24) is 20.4 Å². The van der Waals surface area contributed by atoms with Crippen molar-refractivity contribution in [3.05, 3.63) is 35.6 Å². The van der Waals surface area contributed by atoms with Gasteiger partial charge in [-0.05, 0) is 32.9 Å². The lowest BCUT2D eigenvalue weighted by atomic mass is 10.6. The monoisotopic (exact) mass is 328 g/mol. The van der Waals surface area contributed by atoms with Crippen molar-refractivity contribution in [2.75, 3.05) is 19.8 Å². The molecule has 122 valence electrons. The number of aliphatic hydroxyl groups excluding tert-OH is 1. The Bertz CT molecular complexity index is 471. The molecule has 0 fully saturated rings. The molecule has 0 saturated heterocycles. The van der Waals surface area contributed by atoms with E-state index in [4.69, 9.17) is 26.2 Å². The fourth-order valence-electron chi connectivity index (χ4n) is 1.04. The van der Waals surface area contributed by atoms with Crippen LogP contribution in [-0.2, 0) is 0 Å². The third-order valence-electron chi connectivity index (χ3n) is 1.74. The number of hydrogen-bond acceptors (Lipinski definition) is 7. The highest BCUT2D eigenvalue weighted by Gasteiger charge is 1.92. The topological polar surface area (TPSA) is 90.2 Å². The van der Waals surface area contributed by atoms with Gasteiger partial charge in [0.15, 0.2) is 5.15 Å². The Morgan fingerprint density at radius 3 is 1.95 bits per heavy atom. The van der Waals surface area contributed by atoms with Gasteiger partial charge in [0.2, 0.25) is 11.8 Å². The first kappa shape index (κ1) is 20.0. The van der Waals surface area contributed by atoms with Crippen molar-refractivity contribution in [3.8, 4) is 11.8 Å². The molecule has 2 rings (SSSR count). The maximum atomic E-state index is 7.57. The van der Waals surface area contributed by atoms with Gasteiger partial charge < -0.3 is 14.6 Å². The molecule has 7 nitrogen and oxygen atoms in total. The van der Waals surface area contributed by atoms with Crippen LogP contribution < -0.4 is 9.47 Å². The van der Waals surface area contributed by atoms with Crippen LogP contribution in [-0.4, -0.2) is 45.3 Å². The number of rotatable bonds is 4. The van der Waals surface area contributed by atoms with E-state index in [1.54, 1.807) is 37.4 Å². The zero-order valence-corrected chi connectivity index (χ0v) is 13.7. The lowest BCUT2D eigenvalue weighted by Gasteiger charge is -1.97. The van der Waals surface area contributed by atoms with Crippen LogP contribution in [0.5, 0.6) is 11.8 Å². The quantitative estimate of drug-likeness (QED) is 0.921. The minimum absolute atomic E-state index is 0.250. The summed E-state index contributed by atoms with van der Waals surface area (Å²) in [6.45, 7) is 6.96. The number of nitrogens with zero attached hydrogens (tertiary/aromatic N) is 4. The van der Waals surface area contributed by atoms with Gasteiger partial charge in [0, 0.05) is 24.9 Å². The smallest absolute Gasteiger partial charge is 0.233 e. The van der Waals surface area contributed by atoms with Gasteiger partial charge in [0.25, 0.3) is 0 Å².